The van der Waals surface area contributed by atoms with E-state index in [1.807, 2.05) is 39.6 Å². The SMILES string of the molecule is CN(C(=O)C(C)(C)C(C)(C)N)C1CCCCC1. The second-order valence-electron chi connectivity index (χ2n) is 6.55. The molecular formula is C14H28N2O. The molecule has 0 heterocycles. The molecular weight excluding hydrogens is 212 g/mol. The van der Waals surface area contributed by atoms with E-state index < -0.39 is 11.0 Å². The van der Waals surface area contributed by atoms with Crippen LogP contribution in [0.1, 0.15) is 59.8 Å². The summed E-state index contributed by atoms with van der Waals surface area (Å²) in [6.07, 6.45) is 6.08. The Balaban J connectivity index is 2.74. The highest BCUT2D eigenvalue weighted by atomic mass is 16.2. The van der Waals surface area contributed by atoms with Crippen LogP contribution in [0.2, 0.25) is 0 Å². The largest absolute Gasteiger partial charge is 0.342 e. The van der Waals surface area contributed by atoms with Gasteiger partial charge >= 0.3 is 0 Å². The van der Waals surface area contributed by atoms with E-state index in [4.69, 9.17) is 5.73 Å². The fraction of sp³-hybridized carbons (Fsp3) is 0.929. The molecule has 0 atom stereocenters. The van der Waals surface area contributed by atoms with Crippen LogP contribution in [0, 0.1) is 5.41 Å². The van der Waals surface area contributed by atoms with E-state index in [-0.39, 0.29) is 5.91 Å². The summed E-state index contributed by atoms with van der Waals surface area (Å²) in [6, 6.07) is 0.415. The summed E-state index contributed by atoms with van der Waals surface area (Å²) >= 11 is 0. The van der Waals surface area contributed by atoms with E-state index in [0.717, 1.165) is 12.8 Å². The first kappa shape index (κ1) is 14.5. The minimum Gasteiger partial charge on any atom is -0.342 e. The van der Waals surface area contributed by atoms with Gasteiger partial charge in [-0.3, -0.25) is 4.79 Å². The molecule has 0 radical (unpaired) electrons. The molecule has 100 valence electrons. The third kappa shape index (κ3) is 3.01. The molecule has 0 aromatic carbocycles. The molecule has 1 amide bonds. The van der Waals surface area contributed by atoms with Crippen molar-refractivity contribution in [3.05, 3.63) is 0 Å². The first-order valence-corrected chi connectivity index (χ1v) is 6.74. The first-order valence-electron chi connectivity index (χ1n) is 6.74. The minimum atomic E-state index is -0.515. The molecule has 1 saturated carbocycles. The predicted octanol–water partition coefficient (Wildman–Crippen LogP) is 2.54. The maximum Gasteiger partial charge on any atom is 0.230 e. The number of rotatable bonds is 3. The molecule has 1 aliphatic rings. The number of amides is 1. The Morgan fingerprint density at radius 3 is 2.00 bits per heavy atom. The maximum atomic E-state index is 12.6. The van der Waals surface area contributed by atoms with Crippen LogP contribution in [0.25, 0.3) is 0 Å². The molecule has 3 nitrogen and oxygen atoms in total. The van der Waals surface area contributed by atoms with Gasteiger partial charge in [0.25, 0.3) is 0 Å². The summed E-state index contributed by atoms with van der Waals surface area (Å²) < 4.78 is 0. The second kappa shape index (κ2) is 4.97. The lowest BCUT2D eigenvalue weighted by Gasteiger charge is -2.42. The smallest absolute Gasteiger partial charge is 0.230 e. The number of nitrogens with zero attached hydrogens (tertiary/aromatic N) is 1. The molecule has 0 bridgehead atoms. The zero-order valence-corrected chi connectivity index (χ0v) is 12.0. The topological polar surface area (TPSA) is 46.3 Å². The number of hydrogen-bond acceptors (Lipinski definition) is 2. The highest BCUT2D eigenvalue weighted by Crippen LogP contribution is 2.32. The molecule has 3 heteroatoms. The standard InChI is InChI=1S/C14H28N2O/c1-13(2,14(3,4)15)12(17)16(5)11-9-7-6-8-10-11/h11H,6-10,15H2,1-5H3. The third-order valence-electron chi connectivity index (χ3n) is 4.59. The van der Waals surface area contributed by atoms with Crippen LogP contribution < -0.4 is 5.73 Å². The lowest BCUT2D eigenvalue weighted by Crippen LogP contribution is -2.57. The highest BCUT2D eigenvalue weighted by molar-refractivity contribution is 5.83. The zero-order valence-electron chi connectivity index (χ0n) is 12.0. The highest BCUT2D eigenvalue weighted by Gasteiger charge is 2.43. The van der Waals surface area contributed by atoms with Crippen molar-refractivity contribution in [3.63, 3.8) is 0 Å². The number of carbonyl (C=O) groups excluding carboxylic acids is 1. The fourth-order valence-corrected chi connectivity index (χ4v) is 2.35. The van der Waals surface area contributed by atoms with Crippen molar-refractivity contribution in [2.45, 2.75) is 71.4 Å². The van der Waals surface area contributed by atoms with Gasteiger partial charge in [0.15, 0.2) is 0 Å². The number of nitrogens with two attached hydrogens (primary N) is 1. The normalized spacial score (nSPS) is 19.2. The molecule has 0 saturated heterocycles. The minimum absolute atomic E-state index is 0.178. The second-order valence-corrected chi connectivity index (χ2v) is 6.55. The van der Waals surface area contributed by atoms with E-state index in [9.17, 15) is 4.79 Å². The van der Waals surface area contributed by atoms with E-state index in [2.05, 4.69) is 0 Å². The van der Waals surface area contributed by atoms with Crippen molar-refractivity contribution in [2.75, 3.05) is 7.05 Å². The van der Waals surface area contributed by atoms with E-state index >= 15 is 0 Å². The molecule has 0 aromatic heterocycles. The summed E-state index contributed by atoms with van der Waals surface area (Å²) in [5, 5.41) is 0. The van der Waals surface area contributed by atoms with Crippen LogP contribution in [-0.4, -0.2) is 29.4 Å². The van der Waals surface area contributed by atoms with Gasteiger partial charge in [0.05, 0.1) is 5.41 Å². The zero-order chi connectivity index (χ0) is 13.3. The van der Waals surface area contributed by atoms with Gasteiger partial charge in [0, 0.05) is 18.6 Å². The van der Waals surface area contributed by atoms with Crippen LogP contribution in [0.15, 0.2) is 0 Å². The molecule has 1 aliphatic carbocycles. The lowest BCUT2D eigenvalue weighted by atomic mass is 9.73. The Kier molecular flexibility index (Phi) is 4.23. The van der Waals surface area contributed by atoms with Gasteiger partial charge in [0.2, 0.25) is 5.91 Å². The molecule has 17 heavy (non-hydrogen) atoms. The van der Waals surface area contributed by atoms with E-state index in [1.165, 1.54) is 19.3 Å². The van der Waals surface area contributed by atoms with Gasteiger partial charge in [-0.1, -0.05) is 19.3 Å². The van der Waals surface area contributed by atoms with E-state index in [0.29, 0.717) is 6.04 Å². The molecule has 1 fully saturated rings. The van der Waals surface area contributed by atoms with Crippen molar-refractivity contribution in [1.82, 2.24) is 4.90 Å². The van der Waals surface area contributed by atoms with Crippen LogP contribution in [0.5, 0.6) is 0 Å². The van der Waals surface area contributed by atoms with Gasteiger partial charge in [-0.05, 0) is 40.5 Å². The van der Waals surface area contributed by atoms with Crippen molar-refractivity contribution in [1.29, 1.82) is 0 Å². The molecule has 2 N–H and O–H groups in total. The third-order valence-corrected chi connectivity index (χ3v) is 4.59. The van der Waals surface area contributed by atoms with Gasteiger partial charge in [-0.15, -0.1) is 0 Å². The van der Waals surface area contributed by atoms with E-state index in [1.54, 1.807) is 0 Å². The predicted molar refractivity (Wildman–Crippen MR) is 71.7 cm³/mol. The van der Waals surface area contributed by atoms with Gasteiger partial charge in [0.1, 0.15) is 0 Å². The Morgan fingerprint density at radius 2 is 1.59 bits per heavy atom. The summed E-state index contributed by atoms with van der Waals surface area (Å²) in [4.78, 5) is 14.5. The fourth-order valence-electron chi connectivity index (χ4n) is 2.35. The van der Waals surface area contributed by atoms with Crippen LogP contribution in [0.4, 0.5) is 0 Å². The summed E-state index contributed by atoms with van der Waals surface area (Å²) in [5.41, 5.74) is 5.13. The Morgan fingerprint density at radius 1 is 1.12 bits per heavy atom. The van der Waals surface area contributed by atoms with Crippen molar-refractivity contribution in [2.24, 2.45) is 11.1 Å². The van der Waals surface area contributed by atoms with Gasteiger partial charge in [-0.2, -0.15) is 0 Å². The van der Waals surface area contributed by atoms with Gasteiger partial charge in [-0.25, -0.2) is 0 Å². The average Bonchev–Trinajstić information content (AvgIpc) is 2.26. The molecule has 1 rings (SSSR count). The summed E-state index contributed by atoms with van der Waals surface area (Å²) in [7, 11) is 1.94. The maximum absolute atomic E-state index is 12.6. The monoisotopic (exact) mass is 240 g/mol. The Labute approximate surface area is 106 Å². The molecule has 0 aromatic rings. The molecule has 0 aliphatic heterocycles. The summed E-state index contributed by atoms with van der Waals surface area (Å²) in [5.74, 6) is 0.178. The summed E-state index contributed by atoms with van der Waals surface area (Å²) in [6.45, 7) is 7.77. The Hall–Kier alpha value is -0.570. The van der Waals surface area contributed by atoms with Crippen molar-refractivity contribution < 1.29 is 4.79 Å². The first-order chi connectivity index (χ1) is 7.68. The van der Waals surface area contributed by atoms with Crippen LogP contribution in [-0.2, 0) is 4.79 Å². The van der Waals surface area contributed by atoms with Crippen LogP contribution >= 0.6 is 0 Å². The number of hydrogen-bond donors (Lipinski definition) is 1. The quantitative estimate of drug-likeness (QED) is 0.824. The molecule has 0 spiro atoms. The average molecular weight is 240 g/mol. The Bertz CT molecular complexity index is 272. The van der Waals surface area contributed by atoms with Crippen molar-refractivity contribution in [3.8, 4) is 0 Å². The van der Waals surface area contributed by atoms with Crippen LogP contribution in [0.3, 0.4) is 0 Å². The van der Waals surface area contributed by atoms with Crippen molar-refractivity contribution >= 4 is 5.91 Å². The molecule has 0 unspecified atom stereocenters. The number of carbonyl (C=O) groups is 1. The lowest BCUT2D eigenvalue weighted by molar-refractivity contribution is -0.144. The van der Waals surface area contributed by atoms with Gasteiger partial charge < -0.3 is 10.6 Å².